The zero-order chi connectivity index (χ0) is 22.3. The highest BCUT2D eigenvalue weighted by Gasteiger charge is 2.17. The summed E-state index contributed by atoms with van der Waals surface area (Å²) in [7, 11) is -2.32. The molecule has 1 amide bonds. The summed E-state index contributed by atoms with van der Waals surface area (Å²) in [5, 5.41) is 2.79. The second-order valence-corrected chi connectivity index (χ2v) is 9.53. The lowest BCUT2D eigenvalue weighted by molar-refractivity contribution is -0.113. The molecule has 3 aromatic rings. The van der Waals surface area contributed by atoms with Crippen molar-refractivity contribution in [2.45, 2.75) is 17.6 Å². The fourth-order valence-electron chi connectivity index (χ4n) is 2.86. The van der Waals surface area contributed by atoms with Gasteiger partial charge in [-0.2, -0.15) is 0 Å². The van der Waals surface area contributed by atoms with E-state index in [9.17, 15) is 13.2 Å². The molecule has 0 aliphatic rings. The highest BCUT2D eigenvalue weighted by atomic mass is 32.2. The van der Waals surface area contributed by atoms with Crippen molar-refractivity contribution in [2.75, 3.05) is 22.9 Å². The smallest absolute Gasteiger partial charge is 0.262 e. The maximum Gasteiger partial charge on any atom is 0.262 e. The molecular formula is C23H24N2O4S2. The first kappa shape index (κ1) is 22.7. The van der Waals surface area contributed by atoms with Gasteiger partial charge in [-0.25, -0.2) is 8.42 Å². The summed E-state index contributed by atoms with van der Waals surface area (Å²) < 4.78 is 33.3. The highest BCUT2D eigenvalue weighted by molar-refractivity contribution is 7.99. The summed E-state index contributed by atoms with van der Waals surface area (Å²) in [6.45, 7) is 1.87. The minimum absolute atomic E-state index is 0.0903. The number of anilines is 2. The van der Waals surface area contributed by atoms with Crippen LogP contribution in [0.3, 0.4) is 0 Å². The normalized spacial score (nSPS) is 11.0. The standard InChI is InChI=1S/C23H24N2O4S2/c1-17-8-13-22(29-2)21(14-17)25-31(27,28)20-11-9-19(10-12-20)24-23(26)16-30-15-18-6-4-3-5-7-18/h3-14,25H,15-16H2,1-2H3,(H,24,26). The number of hydrogen-bond donors (Lipinski definition) is 2. The van der Waals surface area contributed by atoms with Crippen LogP contribution in [0.2, 0.25) is 0 Å². The number of hydrogen-bond acceptors (Lipinski definition) is 5. The summed E-state index contributed by atoms with van der Waals surface area (Å²) in [6.07, 6.45) is 0. The lowest BCUT2D eigenvalue weighted by Crippen LogP contribution is -2.15. The first-order chi connectivity index (χ1) is 14.9. The molecule has 0 saturated heterocycles. The van der Waals surface area contributed by atoms with E-state index in [1.54, 1.807) is 24.3 Å². The first-order valence-electron chi connectivity index (χ1n) is 9.56. The molecule has 8 heteroatoms. The van der Waals surface area contributed by atoms with Crippen LogP contribution in [-0.2, 0) is 20.6 Å². The molecule has 0 atom stereocenters. The molecular weight excluding hydrogens is 432 g/mol. The van der Waals surface area contributed by atoms with E-state index in [0.29, 0.717) is 22.9 Å². The molecule has 0 bridgehead atoms. The number of benzene rings is 3. The number of aryl methyl sites for hydroxylation is 1. The first-order valence-corrected chi connectivity index (χ1v) is 12.2. The van der Waals surface area contributed by atoms with Crippen molar-refractivity contribution < 1.29 is 17.9 Å². The summed E-state index contributed by atoms with van der Waals surface area (Å²) in [5.74, 6) is 1.36. The molecule has 0 fully saturated rings. The van der Waals surface area contributed by atoms with Gasteiger partial charge in [0.25, 0.3) is 10.0 Å². The second kappa shape index (κ2) is 10.4. The number of carbonyl (C=O) groups excluding carboxylic acids is 1. The third kappa shape index (κ3) is 6.50. The number of nitrogens with one attached hydrogen (secondary N) is 2. The van der Waals surface area contributed by atoms with Gasteiger partial charge in [0.1, 0.15) is 5.75 Å². The number of sulfonamides is 1. The van der Waals surface area contributed by atoms with Crippen LogP contribution in [0.1, 0.15) is 11.1 Å². The summed E-state index contributed by atoms with van der Waals surface area (Å²) >= 11 is 1.52. The van der Waals surface area contributed by atoms with Crippen molar-refractivity contribution in [1.82, 2.24) is 0 Å². The minimum Gasteiger partial charge on any atom is -0.495 e. The molecule has 31 heavy (non-hydrogen) atoms. The third-order valence-electron chi connectivity index (χ3n) is 4.39. The quantitative estimate of drug-likeness (QED) is 0.489. The Labute approximate surface area is 187 Å². The van der Waals surface area contributed by atoms with Crippen LogP contribution in [0.25, 0.3) is 0 Å². The van der Waals surface area contributed by atoms with Crippen molar-refractivity contribution in [3.63, 3.8) is 0 Å². The Morgan fingerprint density at radius 2 is 1.71 bits per heavy atom. The van der Waals surface area contributed by atoms with Crippen molar-refractivity contribution in [1.29, 1.82) is 0 Å². The molecule has 0 aliphatic carbocycles. The molecule has 0 heterocycles. The van der Waals surface area contributed by atoms with E-state index in [1.807, 2.05) is 43.3 Å². The number of methoxy groups -OCH3 is 1. The Morgan fingerprint density at radius 1 is 1.00 bits per heavy atom. The molecule has 3 rings (SSSR count). The van der Waals surface area contributed by atoms with Crippen LogP contribution in [0.5, 0.6) is 5.75 Å². The maximum atomic E-state index is 12.7. The molecule has 162 valence electrons. The fraction of sp³-hybridized carbons (Fsp3) is 0.174. The highest BCUT2D eigenvalue weighted by Crippen LogP contribution is 2.28. The summed E-state index contributed by atoms with van der Waals surface area (Å²) in [5.41, 5.74) is 2.97. The lowest BCUT2D eigenvalue weighted by atomic mass is 10.2. The summed E-state index contributed by atoms with van der Waals surface area (Å²) in [6, 6.07) is 21.2. The molecule has 2 N–H and O–H groups in total. The van der Waals surface area contributed by atoms with Gasteiger partial charge < -0.3 is 10.1 Å². The van der Waals surface area contributed by atoms with Crippen LogP contribution < -0.4 is 14.8 Å². The predicted octanol–water partition coefficient (Wildman–Crippen LogP) is 4.68. The van der Waals surface area contributed by atoms with Gasteiger partial charge in [-0.05, 0) is 54.4 Å². The van der Waals surface area contributed by atoms with Crippen molar-refractivity contribution >= 4 is 39.1 Å². The molecule has 0 radical (unpaired) electrons. The number of amides is 1. The van der Waals surface area contributed by atoms with Crippen molar-refractivity contribution in [3.8, 4) is 5.75 Å². The van der Waals surface area contributed by atoms with Gasteiger partial charge in [0, 0.05) is 11.4 Å². The fourth-order valence-corrected chi connectivity index (χ4v) is 4.70. The number of ether oxygens (including phenoxy) is 1. The van der Waals surface area contributed by atoms with E-state index in [2.05, 4.69) is 10.0 Å². The van der Waals surface area contributed by atoms with E-state index in [-0.39, 0.29) is 10.8 Å². The van der Waals surface area contributed by atoms with E-state index >= 15 is 0 Å². The van der Waals surface area contributed by atoms with Crippen LogP contribution in [-0.4, -0.2) is 27.2 Å². The Kier molecular flexibility index (Phi) is 7.59. The molecule has 6 nitrogen and oxygen atoms in total. The Balaban J connectivity index is 1.59. The van der Waals surface area contributed by atoms with E-state index in [1.165, 1.54) is 31.0 Å². The van der Waals surface area contributed by atoms with Crippen LogP contribution in [0.15, 0.2) is 77.7 Å². The van der Waals surface area contributed by atoms with Gasteiger partial charge in [0.2, 0.25) is 5.91 Å². The zero-order valence-corrected chi connectivity index (χ0v) is 18.9. The molecule has 0 saturated carbocycles. The lowest BCUT2D eigenvalue weighted by Gasteiger charge is -2.13. The van der Waals surface area contributed by atoms with E-state index in [4.69, 9.17) is 4.74 Å². The van der Waals surface area contributed by atoms with Gasteiger partial charge in [0.05, 0.1) is 23.4 Å². The topological polar surface area (TPSA) is 84.5 Å². The predicted molar refractivity (Wildman–Crippen MR) is 126 cm³/mol. The Morgan fingerprint density at radius 3 is 2.39 bits per heavy atom. The SMILES string of the molecule is COc1ccc(C)cc1NS(=O)(=O)c1ccc(NC(=O)CSCc2ccccc2)cc1. The summed E-state index contributed by atoms with van der Waals surface area (Å²) in [4.78, 5) is 12.2. The second-order valence-electron chi connectivity index (χ2n) is 6.86. The largest absolute Gasteiger partial charge is 0.495 e. The van der Waals surface area contributed by atoms with Crippen LogP contribution >= 0.6 is 11.8 Å². The van der Waals surface area contributed by atoms with E-state index in [0.717, 1.165) is 16.9 Å². The van der Waals surface area contributed by atoms with E-state index < -0.39 is 10.0 Å². The molecule has 0 aliphatic heterocycles. The van der Waals surface area contributed by atoms with Gasteiger partial charge >= 0.3 is 0 Å². The van der Waals surface area contributed by atoms with Crippen molar-refractivity contribution in [3.05, 3.63) is 83.9 Å². The molecule has 0 aromatic heterocycles. The van der Waals surface area contributed by atoms with Gasteiger partial charge in [-0.1, -0.05) is 36.4 Å². The minimum atomic E-state index is -3.80. The van der Waals surface area contributed by atoms with Crippen LogP contribution in [0.4, 0.5) is 11.4 Å². The maximum absolute atomic E-state index is 12.7. The zero-order valence-electron chi connectivity index (χ0n) is 17.3. The molecule has 0 spiro atoms. The number of thioether (sulfide) groups is 1. The average molecular weight is 457 g/mol. The third-order valence-corrected chi connectivity index (χ3v) is 6.78. The van der Waals surface area contributed by atoms with Gasteiger partial charge in [-0.3, -0.25) is 9.52 Å². The Hall–Kier alpha value is -2.97. The number of rotatable bonds is 9. The molecule has 3 aromatic carbocycles. The molecule has 0 unspecified atom stereocenters. The monoisotopic (exact) mass is 456 g/mol. The van der Waals surface area contributed by atoms with Gasteiger partial charge in [0.15, 0.2) is 0 Å². The Bertz CT molecular complexity index is 1130. The van der Waals surface area contributed by atoms with Crippen molar-refractivity contribution in [2.24, 2.45) is 0 Å². The van der Waals surface area contributed by atoms with Crippen LogP contribution in [0, 0.1) is 6.92 Å². The van der Waals surface area contributed by atoms with Gasteiger partial charge in [-0.15, -0.1) is 11.8 Å². The average Bonchev–Trinajstić information content (AvgIpc) is 2.75. The number of carbonyl (C=O) groups is 1.